The molecule has 31 heavy (non-hydrogen) atoms. The molecule has 1 amide bonds. The number of hydrogen-bond acceptors (Lipinski definition) is 2. The molecule has 0 aliphatic carbocycles. The first-order valence-electron chi connectivity index (χ1n) is 10.8. The molecule has 3 aromatic rings. The van der Waals surface area contributed by atoms with Crippen LogP contribution in [0.4, 0.5) is 8.78 Å². The normalized spacial score (nSPS) is 16.0. The topological polar surface area (TPSA) is 37.3 Å². The average molecular weight is 426 g/mol. The van der Waals surface area contributed by atoms with Crippen LogP contribution in [0.1, 0.15) is 43.9 Å². The van der Waals surface area contributed by atoms with E-state index in [-0.39, 0.29) is 12.3 Å². The number of likely N-dealkylation sites (tertiary alicyclic amines) is 1. The maximum atomic E-state index is 14.1. The number of hydrogen-bond donors (Lipinski definition) is 1. The Labute approximate surface area is 181 Å². The van der Waals surface area contributed by atoms with Crippen LogP contribution in [0.15, 0.2) is 48.7 Å². The van der Waals surface area contributed by atoms with Gasteiger partial charge in [-0.3, -0.25) is 9.69 Å². The minimum atomic E-state index is -0.900. The van der Waals surface area contributed by atoms with Gasteiger partial charge < -0.3 is 9.88 Å². The number of nitrogens with zero attached hydrogens (tertiary/aromatic N) is 2. The third kappa shape index (κ3) is 4.22. The fraction of sp³-hybridized carbons (Fsp3) is 0.400. The second-order valence-electron chi connectivity index (χ2n) is 8.98. The average Bonchev–Trinajstić information content (AvgIpc) is 3.38. The molecule has 0 spiro atoms. The van der Waals surface area contributed by atoms with Gasteiger partial charge in [0.15, 0.2) is 11.6 Å². The summed E-state index contributed by atoms with van der Waals surface area (Å²) in [4.78, 5) is 15.5. The Balaban J connectivity index is 1.63. The Morgan fingerprint density at radius 3 is 2.52 bits per heavy atom. The largest absolute Gasteiger partial charge is 0.350 e. The molecule has 1 fully saturated rings. The van der Waals surface area contributed by atoms with Crippen molar-refractivity contribution in [2.45, 2.75) is 44.7 Å². The number of rotatable bonds is 6. The van der Waals surface area contributed by atoms with E-state index in [9.17, 15) is 13.6 Å². The number of amides is 1. The number of carbonyl (C=O) groups is 1. The molecular weight excluding hydrogens is 396 g/mol. The van der Waals surface area contributed by atoms with Crippen molar-refractivity contribution in [2.24, 2.45) is 7.05 Å². The molecule has 1 saturated heterocycles. The number of carbonyl (C=O) groups excluding carboxylic acids is 1. The predicted octanol–water partition coefficient (Wildman–Crippen LogP) is 4.73. The summed E-state index contributed by atoms with van der Waals surface area (Å²) in [6, 6.07) is 11.4. The van der Waals surface area contributed by atoms with Crippen molar-refractivity contribution < 1.29 is 13.6 Å². The first-order valence-corrected chi connectivity index (χ1v) is 10.8. The standard InChI is InChI=1S/C25H29F2N3O/c1-25(2,30-12-6-7-13-30)24(17-10-11-20(26)21(27)14-17)28-23(31)15-18-16-29(3)22-9-5-4-8-19(18)22/h4-5,8-11,14,16,24H,6-7,12-13,15H2,1-3H3,(H,28,31). The number of fused-ring (bicyclic) bond motifs is 1. The molecule has 1 atom stereocenters. The summed E-state index contributed by atoms with van der Waals surface area (Å²) >= 11 is 0. The van der Waals surface area contributed by atoms with Crippen molar-refractivity contribution in [1.82, 2.24) is 14.8 Å². The molecule has 0 bridgehead atoms. The highest BCUT2D eigenvalue weighted by Crippen LogP contribution is 2.34. The highest BCUT2D eigenvalue weighted by atomic mass is 19.2. The summed E-state index contributed by atoms with van der Waals surface area (Å²) in [7, 11) is 1.96. The van der Waals surface area contributed by atoms with Crippen molar-refractivity contribution in [1.29, 1.82) is 0 Å². The molecule has 164 valence electrons. The SMILES string of the molecule is Cn1cc(CC(=O)NC(c2ccc(F)c(F)c2)C(C)(C)N2CCCC2)c2ccccc21. The van der Waals surface area contributed by atoms with Crippen LogP contribution in [0.3, 0.4) is 0 Å². The number of aromatic nitrogens is 1. The zero-order valence-electron chi connectivity index (χ0n) is 18.3. The number of para-hydroxylation sites is 1. The number of aryl methyl sites for hydroxylation is 1. The summed E-state index contributed by atoms with van der Waals surface area (Å²) in [6.07, 6.45) is 4.38. The number of nitrogens with one attached hydrogen (secondary N) is 1. The molecule has 1 N–H and O–H groups in total. The zero-order valence-corrected chi connectivity index (χ0v) is 18.3. The third-order valence-electron chi connectivity index (χ3n) is 6.54. The second-order valence-corrected chi connectivity index (χ2v) is 8.98. The predicted molar refractivity (Wildman–Crippen MR) is 119 cm³/mol. The lowest BCUT2D eigenvalue weighted by atomic mass is 9.86. The van der Waals surface area contributed by atoms with Crippen LogP contribution >= 0.6 is 0 Å². The van der Waals surface area contributed by atoms with Gasteiger partial charge in [-0.25, -0.2) is 8.78 Å². The van der Waals surface area contributed by atoms with E-state index in [1.54, 1.807) is 6.07 Å². The molecule has 2 aromatic carbocycles. The van der Waals surface area contributed by atoms with E-state index in [0.29, 0.717) is 5.56 Å². The van der Waals surface area contributed by atoms with Crippen LogP contribution in [0.2, 0.25) is 0 Å². The van der Waals surface area contributed by atoms with Crippen LogP contribution in [0, 0.1) is 11.6 Å². The minimum absolute atomic E-state index is 0.140. The molecule has 0 radical (unpaired) electrons. The molecule has 2 heterocycles. The van der Waals surface area contributed by atoms with Crippen molar-refractivity contribution in [2.75, 3.05) is 13.1 Å². The van der Waals surface area contributed by atoms with Gasteiger partial charge in [-0.15, -0.1) is 0 Å². The van der Waals surface area contributed by atoms with E-state index in [4.69, 9.17) is 0 Å². The lowest BCUT2D eigenvalue weighted by molar-refractivity contribution is -0.122. The molecule has 1 aliphatic heterocycles. The van der Waals surface area contributed by atoms with Gasteiger partial charge in [-0.1, -0.05) is 24.3 Å². The van der Waals surface area contributed by atoms with Gasteiger partial charge in [0.05, 0.1) is 12.5 Å². The maximum absolute atomic E-state index is 14.1. The summed E-state index contributed by atoms with van der Waals surface area (Å²) < 4.78 is 29.7. The van der Waals surface area contributed by atoms with E-state index in [1.807, 2.05) is 42.1 Å². The zero-order chi connectivity index (χ0) is 22.2. The van der Waals surface area contributed by atoms with Gasteiger partial charge in [0.25, 0.3) is 0 Å². The van der Waals surface area contributed by atoms with Crippen molar-refractivity contribution >= 4 is 16.8 Å². The maximum Gasteiger partial charge on any atom is 0.225 e. The quantitative estimate of drug-likeness (QED) is 0.620. The fourth-order valence-corrected chi connectivity index (χ4v) is 4.79. The fourth-order valence-electron chi connectivity index (χ4n) is 4.79. The summed E-state index contributed by atoms with van der Waals surface area (Å²) in [5, 5.41) is 4.19. The number of halogens is 2. The summed E-state index contributed by atoms with van der Waals surface area (Å²) in [6.45, 7) is 5.96. The monoisotopic (exact) mass is 425 g/mol. The molecule has 4 rings (SSSR count). The summed E-state index contributed by atoms with van der Waals surface area (Å²) in [5.74, 6) is -1.93. The smallest absolute Gasteiger partial charge is 0.225 e. The van der Waals surface area contributed by atoms with Gasteiger partial charge in [0.1, 0.15) is 0 Å². The van der Waals surface area contributed by atoms with Gasteiger partial charge in [0, 0.05) is 29.7 Å². The van der Waals surface area contributed by atoms with Crippen molar-refractivity contribution in [3.63, 3.8) is 0 Å². The molecule has 1 aromatic heterocycles. The Morgan fingerprint density at radius 2 is 1.81 bits per heavy atom. The van der Waals surface area contributed by atoms with Crippen molar-refractivity contribution in [3.8, 4) is 0 Å². The first-order chi connectivity index (χ1) is 14.8. The number of benzene rings is 2. The first kappa shape index (κ1) is 21.5. The van der Waals surface area contributed by atoms with E-state index < -0.39 is 23.2 Å². The van der Waals surface area contributed by atoms with Crippen molar-refractivity contribution in [3.05, 3.63) is 71.4 Å². The summed E-state index contributed by atoms with van der Waals surface area (Å²) in [5.41, 5.74) is 2.13. The van der Waals surface area contributed by atoms with Crippen LogP contribution in [-0.2, 0) is 18.3 Å². The lowest BCUT2D eigenvalue weighted by Gasteiger charge is -2.42. The molecule has 6 heteroatoms. The van der Waals surface area contributed by atoms with Gasteiger partial charge in [-0.2, -0.15) is 0 Å². The van der Waals surface area contributed by atoms with E-state index in [0.717, 1.165) is 48.5 Å². The van der Waals surface area contributed by atoms with E-state index >= 15 is 0 Å². The Kier molecular flexibility index (Phi) is 5.84. The molecule has 4 nitrogen and oxygen atoms in total. The van der Waals surface area contributed by atoms with Crippen LogP contribution in [0.25, 0.3) is 10.9 Å². The van der Waals surface area contributed by atoms with Gasteiger partial charge in [0.2, 0.25) is 5.91 Å². The Hall–Kier alpha value is -2.73. The van der Waals surface area contributed by atoms with Crippen LogP contribution in [-0.4, -0.2) is 34.0 Å². The highest BCUT2D eigenvalue weighted by molar-refractivity contribution is 5.89. The highest BCUT2D eigenvalue weighted by Gasteiger charge is 2.39. The van der Waals surface area contributed by atoms with Crippen LogP contribution < -0.4 is 5.32 Å². The third-order valence-corrected chi connectivity index (χ3v) is 6.54. The van der Waals surface area contributed by atoms with E-state index in [1.165, 1.54) is 6.07 Å². The van der Waals surface area contributed by atoms with E-state index in [2.05, 4.69) is 24.1 Å². The Morgan fingerprint density at radius 1 is 1.10 bits per heavy atom. The molecule has 1 aliphatic rings. The second kappa shape index (κ2) is 8.42. The molecule has 1 unspecified atom stereocenters. The van der Waals surface area contributed by atoms with Crippen LogP contribution in [0.5, 0.6) is 0 Å². The lowest BCUT2D eigenvalue weighted by Crippen LogP contribution is -2.53. The molecular formula is C25H29F2N3O. The minimum Gasteiger partial charge on any atom is -0.350 e. The van der Waals surface area contributed by atoms with Gasteiger partial charge >= 0.3 is 0 Å². The van der Waals surface area contributed by atoms with Gasteiger partial charge in [-0.05, 0) is 69.1 Å². The Bertz CT molecular complexity index is 1100. The molecule has 0 saturated carbocycles.